The normalized spacial score (nSPS) is 10.5. The molecule has 0 aliphatic carbocycles. The van der Waals surface area contributed by atoms with Crippen LogP contribution in [0.1, 0.15) is 0 Å². The van der Waals surface area contributed by atoms with Crippen molar-refractivity contribution in [2.75, 3.05) is 10.6 Å². The van der Waals surface area contributed by atoms with Crippen LogP contribution in [0.15, 0.2) is 40.9 Å². The summed E-state index contributed by atoms with van der Waals surface area (Å²) in [5.74, 6) is -1.55. The maximum absolute atomic E-state index is 13.7. The summed E-state index contributed by atoms with van der Waals surface area (Å²) in [6, 6.07) is 7.37. The molecular formula is C14H9BrF4N2OS. The van der Waals surface area contributed by atoms with Crippen molar-refractivity contribution in [2.24, 2.45) is 0 Å². The third kappa shape index (κ3) is 5.07. The number of hydrogen-bond acceptors (Lipinski definition) is 2. The molecule has 0 heterocycles. The smallest absolute Gasteiger partial charge is 0.387 e. The van der Waals surface area contributed by atoms with E-state index >= 15 is 0 Å². The van der Waals surface area contributed by atoms with E-state index in [1.54, 1.807) is 0 Å². The van der Waals surface area contributed by atoms with Crippen LogP contribution in [0.4, 0.5) is 28.9 Å². The molecule has 0 fully saturated rings. The van der Waals surface area contributed by atoms with Gasteiger partial charge in [-0.3, -0.25) is 0 Å². The fourth-order valence-corrected chi connectivity index (χ4v) is 2.38. The second-order valence-electron chi connectivity index (χ2n) is 4.23. The second-order valence-corrected chi connectivity index (χ2v) is 5.49. The van der Waals surface area contributed by atoms with E-state index in [0.29, 0.717) is 11.8 Å². The number of rotatable bonds is 4. The Kier molecular flexibility index (Phi) is 5.78. The molecule has 0 saturated heterocycles. The van der Waals surface area contributed by atoms with Gasteiger partial charge in [-0.05, 0) is 58.5 Å². The van der Waals surface area contributed by atoms with Crippen molar-refractivity contribution in [3.8, 4) is 5.75 Å². The van der Waals surface area contributed by atoms with Crippen LogP contribution in [0.2, 0.25) is 0 Å². The fraction of sp³-hybridized carbons (Fsp3) is 0.0714. The molecule has 2 rings (SSSR count). The first-order valence-corrected chi connectivity index (χ1v) is 7.32. The number of anilines is 2. The highest BCUT2D eigenvalue weighted by atomic mass is 79.9. The van der Waals surface area contributed by atoms with Crippen LogP contribution in [0.5, 0.6) is 5.75 Å². The molecule has 23 heavy (non-hydrogen) atoms. The predicted molar refractivity (Wildman–Crippen MR) is 87.0 cm³/mol. The van der Waals surface area contributed by atoms with Crippen LogP contribution in [0.25, 0.3) is 0 Å². The van der Waals surface area contributed by atoms with Gasteiger partial charge in [0.15, 0.2) is 10.9 Å². The molecular weight excluding hydrogens is 400 g/mol. The number of thiocarbonyl (C=S) groups is 1. The van der Waals surface area contributed by atoms with Crippen molar-refractivity contribution in [1.29, 1.82) is 0 Å². The summed E-state index contributed by atoms with van der Waals surface area (Å²) in [6.45, 7) is -2.91. The quantitative estimate of drug-likeness (QED) is 0.542. The number of nitrogens with one attached hydrogen (secondary N) is 2. The number of halogens is 5. The highest BCUT2D eigenvalue weighted by molar-refractivity contribution is 9.10. The van der Waals surface area contributed by atoms with Gasteiger partial charge in [0.1, 0.15) is 11.6 Å². The zero-order chi connectivity index (χ0) is 17.0. The van der Waals surface area contributed by atoms with Crippen LogP contribution in [-0.4, -0.2) is 11.7 Å². The minimum Gasteiger partial charge on any atom is -0.435 e. The summed E-state index contributed by atoms with van der Waals surface area (Å²) in [5.41, 5.74) is 0.448. The van der Waals surface area contributed by atoms with Crippen molar-refractivity contribution in [1.82, 2.24) is 0 Å². The molecule has 9 heteroatoms. The van der Waals surface area contributed by atoms with Gasteiger partial charge < -0.3 is 15.4 Å². The predicted octanol–water partition coefficient (Wildman–Crippen LogP) is 5.14. The molecule has 0 radical (unpaired) electrons. The number of ether oxygens (including phenoxy) is 1. The molecule has 2 aromatic rings. The molecule has 0 aromatic heterocycles. The first-order valence-electron chi connectivity index (χ1n) is 6.12. The summed E-state index contributed by atoms with van der Waals surface area (Å²) in [6.07, 6.45) is 0. The van der Waals surface area contributed by atoms with Crippen molar-refractivity contribution >= 4 is 44.6 Å². The lowest BCUT2D eigenvalue weighted by atomic mass is 10.3. The largest absolute Gasteiger partial charge is 0.435 e. The SMILES string of the molecule is Fc1cc(F)c(NC(=S)Nc2ccc(OC(F)F)cc2)c(Br)c1. The minimum absolute atomic E-state index is 0.00301. The summed E-state index contributed by atoms with van der Waals surface area (Å²) in [7, 11) is 0. The Morgan fingerprint density at radius 1 is 1.09 bits per heavy atom. The van der Waals surface area contributed by atoms with Crippen molar-refractivity contribution < 1.29 is 22.3 Å². The van der Waals surface area contributed by atoms with Gasteiger partial charge in [0.25, 0.3) is 0 Å². The van der Waals surface area contributed by atoms with Gasteiger partial charge in [-0.15, -0.1) is 0 Å². The van der Waals surface area contributed by atoms with Gasteiger partial charge in [-0.1, -0.05) is 0 Å². The molecule has 0 saturated carbocycles. The Hall–Kier alpha value is -1.87. The third-order valence-electron chi connectivity index (χ3n) is 2.58. The Balaban J connectivity index is 2.02. The third-order valence-corrected chi connectivity index (χ3v) is 3.41. The molecule has 0 spiro atoms. The summed E-state index contributed by atoms with van der Waals surface area (Å²) in [4.78, 5) is 0. The van der Waals surface area contributed by atoms with Gasteiger partial charge in [0.05, 0.1) is 5.69 Å². The van der Waals surface area contributed by atoms with Gasteiger partial charge >= 0.3 is 6.61 Å². The van der Waals surface area contributed by atoms with E-state index in [0.717, 1.165) is 6.07 Å². The molecule has 2 aromatic carbocycles. The van der Waals surface area contributed by atoms with E-state index in [-0.39, 0.29) is 21.0 Å². The standard InChI is InChI=1S/C14H9BrF4N2OS/c15-10-5-7(16)6-11(17)12(10)21-14(23)20-8-1-3-9(4-2-8)22-13(18)19/h1-6,13H,(H2,20,21,23). The summed E-state index contributed by atoms with van der Waals surface area (Å²) in [5, 5.41) is 5.36. The Morgan fingerprint density at radius 3 is 2.30 bits per heavy atom. The zero-order valence-electron chi connectivity index (χ0n) is 11.2. The lowest BCUT2D eigenvalue weighted by Gasteiger charge is -2.13. The average molecular weight is 409 g/mol. The van der Waals surface area contributed by atoms with E-state index in [4.69, 9.17) is 12.2 Å². The molecule has 3 nitrogen and oxygen atoms in total. The Labute approximate surface area is 142 Å². The lowest BCUT2D eigenvalue weighted by molar-refractivity contribution is -0.0498. The van der Waals surface area contributed by atoms with Crippen LogP contribution in [0, 0.1) is 11.6 Å². The Morgan fingerprint density at radius 2 is 1.74 bits per heavy atom. The van der Waals surface area contributed by atoms with E-state index in [1.165, 1.54) is 24.3 Å². The van der Waals surface area contributed by atoms with Crippen molar-refractivity contribution in [3.63, 3.8) is 0 Å². The van der Waals surface area contributed by atoms with Crippen LogP contribution in [-0.2, 0) is 0 Å². The van der Waals surface area contributed by atoms with Gasteiger partial charge in [-0.25, -0.2) is 8.78 Å². The van der Waals surface area contributed by atoms with Gasteiger partial charge in [-0.2, -0.15) is 8.78 Å². The van der Waals surface area contributed by atoms with Crippen LogP contribution < -0.4 is 15.4 Å². The minimum atomic E-state index is -2.91. The van der Waals surface area contributed by atoms with E-state index in [9.17, 15) is 17.6 Å². The first kappa shape index (κ1) is 17.5. The first-order chi connectivity index (χ1) is 10.8. The molecule has 2 N–H and O–H groups in total. The average Bonchev–Trinajstić information content (AvgIpc) is 2.44. The zero-order valence-corrected chi connectivity index (χ0v) is 13.7. The topological polar surface area (TPSA) is 33.3 Å². The summed E-state index contributed by atoms with van der Waals surface area (Å²) < 4.78 is 55.1. The monoisotopic (exact) mass is 408 g/mol. The molecule has 0 bridgehead atoms. The number of alkyl halides is 2. The van der Waals surface area contributed by atoms with E-state index in [1.807, 2.05) is 0 Å². The molecule has 0 atom stereocenters. The van der Waals surface area contributed by atoms with Crippen molar-refractivity contribution in [2.45, 2.75) is 6.61 Å². The summed E-state index contributed by atoms with van der Waals surface area (Å²) >= 11 is 8.05. The number of benzene rings is 2. The molecule has 0 aliphatic rings. The van der Waals surface area contributed by atoms with E-state index in [2.05, 4.69) is 31.3 Å². The van der Waals surface area contributed by atoms with E-state index < -0.39 is 18.2 Å². The Bertz CT molecular complexity index is 689. The maximum atomic E-state index is 13.7. The number of hydrogen-bond donors (Lipinski definition) is 2. The van der Waals surface area contributed by atoms with Gasteiger partial charge in [0, 0.05) is 16.2 Å². The second kappa shape index (κ2) is 7.60. The lowest BCUT2D eigenvalue weighted by Crippen LogP contribution is -2.20. The van der Waals surface area contributed by atoms with Crippen molar-refractivity contribution in [3.05, 3.63) is 52.5 Å². The highest BCUT2D eigenvalue weighted by Gasteiger charge is 2.11. The maximum Gasteiger partial charge on any atom is 0.387 e. The molecule has 122 valence electrons. The highest BCUT2D eigenvalue weighted by Crippen LogP contribution is 2.27. The molecule has 0 aliphatic heterocycles. The molecule has 0 amide bonds. The van der Waals surface area contributed by atoms with Crippen LogP contribution in [0.3, 0.4) is 0 Å². The molecule has 0 unspecified atom stereocenters. The fourth-order valence-electron chi connectivity index (χ4n) is 1.66. The van der Waals surface area contributed by atoms with Gasteiger partial charge in [0.2, 0.25) is 0 Å². The van der Waals surface area contributed by atoms with Crippen LogP contribution >= 0.6 is 28.1 Å².